The van der Waals surface area contributed by atoms with E-state index < -0.39 is 46.4 Å². The number of thioether (sulfide) groups is 2. The maximum Gasteiger partial charge on any atom is 0.356 e. The molecule has 344 valence electrons. The summed E-state index contributed by atoms with van der Waals surface area (Å²) in [7, 11) is 0. The van der Waals surface area contributed by atoms with Gasteiger partial charge in [0.1, 0.15) is 32.8 Å². The Morgan fingerprint density at radius 1 is 0.841 bits per heavy atom. The Hall–Kier alpha value is -7.38. The average molecular weight is 989 g/mol. The summed E-state index contributed by atoms with van der Waals surface area (Å²) in [6, 6.07) is 48.4. The van der Waals surface area contributed by atoms with Crippen LogP contribution in [0.3, 0.4) is 0 Å². The molecule has 1 fully saturated rings. The molecule has 18 heteroatoms. The Morgan fingerprint density at radius 2 is 1.39 bits per heavy atom. The molecule has 3 aromatic heterocycles. The second-order valence-corrected chi connectivity index (χ2v) is 20.3. The Kier molecular flexibility index (Phi) is 12.7. The lowest BCUT2D eigenvalue weighted by Crippen LogP contribution is -2.71. The van der Waals surface area contributed by atoms with Gasteiger partial charge in [0.25, 0.3) is 17.4 Å². The largest absolute Gasteiger partial charge is 0.448 e. The number of fused-ring (bicyclic) bond motifs is 2. The Labute approximate surface area is 411 Å². The van der Waals surface area contributed by atoms with Gasteiger partial charge in [-0.25, -0.2) is 14.8 Å². The lowest BCUT2D eigenvalue weighted by Gasteiger charge is -2.49. The van der Waals surface area contributed by atoms with E-state index in [2.05, 4.69) is 20.6 Å². The maximum atomic E-state index is 14.7. The van der Waals surface area contributed by atoms with E-state index in [4.69, 9.17) is 15.5 Å². The minimum absolute atomic E-state index is 0.0503. The molecule has 5 aromatic carbocycles. The fraction of sp³-hybridized carbons (Fsp3) is 0.137. The fourth-order valence-corrected chi connectivity index (χ4v) is 13.2. The molecule has 0 aliphatic carbocycles. The van der Waals surface area contributed by atoms with Crippen LogP contribution in [-0.4, -0.2) is 76.1 Å². The van der Waals surface area contributed by atoms with Crippen LogP contribution < -0.4 is 16.6 Å². The van der Waals surface area contributed by atoms with Gasteiger partial charge in [-0.2, -0.15) is 4.52 Å². The summed E-state index contributed by atoms with van der Waals surface area (Å²) in [5, 5.41) is 21.1. The van der Waals surface area contributed by atoms with E-state index in [9.17, 15) is 24.4 Å². The van der Waals surface area contributed by atoms with Crippen molar-refractivity contribution in [3.63, 3.8) is 0 Å². The van der Waals surface area contributed by atoms with Gasteiger partial charge in [0.15, 0.2) is 16.2 Å². The molecular formula is C51H40N8O6S4. The Bertz CT molecular complexity index is 3200. The second-order valence-electron chi connectivity index (χ2n) is 16.0. The summed E-state index contributed by atoms with van der Waals surface area (Å²) in [6.45, 7) is 1.74. The summed E-state index contributed by atoms with van der Waals surface area (Å²) in [5.74, 6) is -1.68. The third-order valence-corrected chi connectivity index (χ3v) is 16.3. The molecule has 4 N–H and O–H groups in total. The van der Waals surface area contributed by atoms with Gasteiger partial charge < -0.3 is 21.0 Å². The molecule has 8 aromatic rings. The number of carbonyl (C=O) groups excluding carboxylic acids is 3. The van der Waals surface area contributed by atoms with E-state index in [-0.39, 0.29) is 33.5 Å². The lowest BCUT2D eigenvalue weighted by atomic mass is 9.70. The number of thiazole rings is 1. The van der Waals surface area contributed by atoms with Crippen LogP contribution in [0.25, 0.3) is 4.96 Å². The number of nitrogens with zero attached hydrogens (tertiary/aromatic N) is 6. The molecule has 69 heavy (non-hydrogen) atoms. The van der Waals surface area contributed by atoms with Crippen LogP contribution in [0.15, 0.2) is 183 Å². The molecule has 0 saturated carbocycles. The van der Waals surface area contributed by atoms with Crippen molar-refractivity contribution in [3.05, 3.63) is 224 Å². The average Bonchev–Trinajstić information content (AvgIpc) is 3.98. The van der Waals surface area contributed by atoms with Gasteiger partial charge in [-0.15, -0.1) is 16.9 Å². The number of hydrogen-bond acceptors (Lipinski definition) is 15. The number of anilines is 1. The van der Waals surface area contributed by atoms with E-state index in [0.717, 1.165) is 27.8 Å². The highest BCUT2D eigenvalue weighted by atomic mass is 32.2. The highest BCUT2D eigenvalue weighted by molar-refractivity contribution is 8.02. The molecule has 2 atom stereocenters. The van der Waals surface area contributed by atoms with Gasteiger partial charge in [-0.3, -0.25) is 19.3 Å². The quantitative estimate of drug-likeness (QED) is 0.0182. The standard InChI is InChI=1S/C51H40N8O6S4/c1-30-27-37(60)59-49(53-30)69-50(56-59)67-29-33-28-66-46-40(45(62)58(46)41(33)47(63)65-42(31-17-7-2-8-18-31)32-19-9-3-10-20-32)54-44(61)39(57-64)38-43(52)68-48(55-38)51(34-21-11-4-12-22-34,35-23-13-5-14-24-35)36-25-15-6-16-26-36/h2-27,40,42,46,64H,28-29,52H2,1H3,(H,54,61)/t40-,46-/m1/s1. The number of β-lactam (4-membered cyclic amide) rings is 1. The van der Waals surface area contributed by atoms with Crippen molar-refractivity contribution in [3.8, 4) is 0 Å². The van der Waals surface area contributed by atoms with E-state index in [1.807, 2.05) is 152 Å². The van der Waals surface area contributed by atoms with Crippen LogP contribution in [-0.2, 0) is 24.5 Å². The number of hydrogen-bond donors (Lipinski definition) is 3. The van der Waals surface area contributed by atoms with Crippen LogP contribution in [0.5, 0.6) is 0 Å². The van der Waals surface area contributed by atoms with Crippen LogP contribution in [0, 0.1) is 6.92 Å². The van der Waals surface area contributed by atoms with E-state index in [0.29, 0.717) is 25.6 Å². The molecule has 2 amide bonds. The first-order chi connectivity index (χ1) is 33.6. The molecule has 0 bridgehead atoms. The molecule has 14 nitrogen and oxygen atoms in total. The van der Waals surface area contributed by atoms with Crippen LogP contribution in [0.2, 0.25) is 0 Å². The second kappa shape index (κ2) is 19.3. The van der Waals surface area contributed by atoms with E-state index >= 15 is 0 Å². The van der Waals surface area contributed by atoms with Crippen LogP contribution in [0.4, 0.5) is 5.00 Å². The first-order valence-corrected chi connectivity index (χ1v) is 25.3. The summed E-state index contributed by atoms with van der Waals surface area (Å²) in [6.07, 6.45) is -0.812. The molecule has 2 aliphatic heterocycles. The van der Waals surface area contributed by atoms with Crippen molar-refractivity contribution >= 4 is 79.7 Å². The molecule has 5 heterocycles. The third-order valence-electron chi connectivity index (χ3n) is 11.8. The number of benzene rings is 5. The number of oxime groups is 1. The minimum atomic E-state index is -1.13. The molecule has 0 spiro atoms. The maximum absolute atomic E-state index is 14.7. The number of esters is 1. The molecule has 2 aliphatic rings. The van der Waals surface area contributed by atoms with Crippen LogP contribution in [0.1, 0.15) is 50.3 Å². The third kappa shape index (κ3) is 8.49. The van der Waals surface area contributed by atoms with Crippen molar-refractivity contribution in [2.24, 2.45) is 5.16 Å². The van der Waals surface area contributed by atoms with Gasteiger partial charge in [0, 0.05) is 23.3 Å². The van der Waals surface area contributed by atoms with Gasteiger partial charge >= 0.3 is 5.97 Å². The number of carbonyl (C=O) groups is 3. The summed E-state index contributed by atoms with van der Waals surface area (Å²) < 4.78 is 8.13. The zero-order valence-electron chi connectivity index (χ0n) is 36.5. The summed E-state index contributed by atoms with van der Waals surface area (Å²) in [4.78, 5) is 67.4. The zero-order chi connectivity index (χ0) is 47.6. The smallest absolute Gasteiger partial charge is 0.356 e. The van der Waals surface area contributed by atoms with Gasteiger partial charge in [0.05, 0.1) is 5.41 Å². The van der Waals surface area contributed by atoms with E-state index in [1.54, 1.807) is 6.92 Å². The SMILES string of the molecule is Cc1cc(=O)n2nc(SCC3=C(C(=O)OC(c4ccccc4)c4ccccc4)N4C(=O)[C@@H](NC(=O)C(=NO)c5nc(C(c6ccccc6)(c6ccccc6)c6ccccc6)sc5N)[C@H]4SC3)sc2n1. The minimum Gasteiger partial charge on any atom is -0.448 e. The Morgan fingerprint density at radius 3 is 1.94 bits per heavy atom. The number of rotatable bonds is 14. The Balaban J connectivity index is 0.961. The number of nitrogen functional groups attached to an aromatic ring is 1. The summed E-state index contributed by atoms with van der Waals surface area (Å²) in [5.41, 5.74) is 10.2. The van der Waals surface area contributed by atoms with Crippen molar-refractivity contribution < 1.29 is 24.3 Å². The first-order valence-electron chi connectivity index (χ1n) is 21.6. The van der Waals surface area contributed by atoms with Gasteiger partial charge in [-0.1, -0.05) is 191 Å². The van der Waals surface area contributed by atoms with Crippen LogP contribution >= 0.6 is 46.2 Å². The van der Waals surface area contributed by atoms with Crippen molar-refractivity contribution in [2.45, 2.75) is 34.2 Å². The molecule has 10 rings (SSSR count). The molecule has 1 saturated heterocycles. The van der Waals surface area contributed by atoms with E-state index in [1.165, 1.54) is 61.7 Å². The number of amides is 2. The highest BCUT2D eigenvalue weighted by Crippen LogP contribution is 2.48. The van der Waals surface area contributed by atoms with Crippen molar-refractivity contribution in [2.75, 3.05) is 17.2 Å². The molecular weight excluding hydrogens is 949 g/mol. The van der Waals surface area contributed by atoms with Gasteiger partial charge in [0.2, 0.25) is 4.96 Å². The van der Waals surface area contributed by atoms with Crippen molar-refractivity contribution in [1.29, 1.82) is 0 Å². The molecule has 0 radical (unpaired) electrons. The monoisotopic (exact) mass is 988 g/mol. The first kappa shape index (κ1) is 45.4. The normalized spacial score (nSPS) is 16.1. The number of nitrogens with two attached hydrogens (primary N) is 1. The topological polar surface area (TPSA) is 194 Å². The predicted molar refractivity (Wildman–Crippen MR) is 269 cm³/mol. The fourth-order valence-electron chi connectivity index (χ4n) is 8.65. The summed E-state index contributed by atoms with van der Waals surface area (Å²) >= 11 is 5.07. The van der Waals surface area contributed by atoms with Crippen molar-refractivity contribution in [1.82, 2.24) is 29.8 Å². The highest BCUT2D eigenvalue weighted by Gasteiger charge is 2.55. The number of nitrogens with one attached hydrogen (secondary N) is 1. The van der Waals surface area contributed by atoms with Gasteiger partial charge in [-0.05, 0) is 40.3 Å². The number of aryl methyl sites for hydroxylation is 1. The predicted octanol–water partition coefficient (Wildman–Crippen LogP) is 7.84. The lowest BCUT2D eigenvalue weighted by molar-refractivity contribution is -0.154. The number of ether oxygens (including phenoxy) is 1. The molecule has 0 unspecified atom stereocenters. The number of aromatic nitrogens is 4. The zero-order valence-corrected chi connectivity index (χ0v) is 39.8.